The number of hydrogen-bond donors (Lipinski definition) is 1. The van der Waals surface area contributed by atoms with Gasteiger partial charge < -0.3 is 10.1 Å². The molecular weight excluding hydrogens is 387 g/mol. The van der Waals surface area contributed by atoms with Gasteiger partial charge in [-0.1, -0.05) is 42.5 Å². The van der Waals surface area contributed by atoms with E-state index in [1.54, 1.807) is 0 Å². The minimum absolute atomic E-state index is 0.326. The Morgan fingerprint density at radius 2 is 1.86 bits per heavy atom. The molecule has 1 amide bonds. The summed E-state index contributed by atoms with van der Waals surface area (Å²) in [5.74, 6) is -1.38. The van der Waals surface area contributed by atoms with E-state index < -0.39 is 36.9 Å². The maximum atomic E-state index is 12.5. The monoisotopic (exact) mass is 405 g/mol. The summed E-state index contributed by atoms with van der Waals surface area (Å²) in [6, 6.07) is 13.9. The van der Waals surface area contributed by atoms with Crippen LogP contribution in [-0.2, 0) is 27.0 Å². The third-order valence-corrected chi connectivity index (χ3v) is 4.25. The average Bonchev–Trinajstić information content (AvgIpc) is 3.15. The summed E-state index contributed by atoms with van der Waals surface area (Å²) in [5, 5.41) is 8.04. The highest BCUT2D eigenvalue weighted by Crippen LogP contribution is 2.27. The van der Waals surface area contributed by atoms with E-state index in [-0.39, 0.29) is 6.04 Å². The van der Waals surface area contributed by atoms with E-state index in [9.17, 15) is 22.8 Å². The zero-order valence-electron chi connectivity index (χ0n) is 15.4. The van der Waals surface area contributed by atoms with Gasteiger partial charge in [0, 0.05) is 6.20 Å². The molecule has 152 valence electrons. The Labute approximate surface area is 164 Å². The fraction of sp³-hybridized carbons (Fsp3) is 0.250. The summed E-state index contributed by atoms with van der Waals surface area (Å²) in [6.07, 6.45) is -3.57. The van der Waals surface area contributed by atoms with Crippen molar-refractivity contribution in [2.75, 3.05) is 6.61 Å². The number of alkyl halides is 3. The van der Waals surface area contributed by atoms with Crippen molar-refractivity contribution >= 4 is 22.6 Å². The third kappa shape index (κ3) is 5.13. The number of fused-ring (bicyclic) bond motifs is 1. The fourth-order valence-corrected chi connectivity index (χ4v) is 2.91. The lowest BCUT2D eigenvalue weighted by Crippen LogP contribution is -2.31. The number of esters is 1. The number of hydrogen-bond acceptors (Lipinski definition) is 4. The van der Waals surface area contributed by atoms with Crippen LogP contribution in [0.15, 0.2) is 54.7 Å². The molecule has 1 unspecified atom stereocenters. The molecule has 3 aromatic rings. The van der Waals surface area contributed by atoms with E-state index in [2.05, 4.69) is 10.4 Å². The molecule has 6 nitrogen and oxygen atoms in total. The molecule has 0 fully saturated rings. The number of nitrogens with zero attached hydrogens (tertiary/aromatic N) is 2. The summed E-state index contributed by atoms with van der Waals surface area (Å²) in [6.45, 7) is 0.744. The molecule has 0 bridgehead atoms. The lowest BCUT2D eigenvalue weighted by molar-refractivity contribution is -0.150. The van der Waals surface area contributed by atoms with Gasteiger partial charge in [0.1, 0.15) is 6.54 Å². The number of amides is 1. The normalized spacial score (nSPS) is 12.6. The van der Waals surface area contributed by atoms with Gasteiger partial charge in [0.05, 0.1) is 6.04 Å². The third-order valence-electron chi connectivity index (χ3n) is 4.25. The Balaban J connectivity index is 1.53. The minimum Gasteiger partial charge on any atom is -0.454 e. The zero-order valence-corrected chi connectivity index (χ0v) is 15.4. The molecule has 1 aromatic heterocycles. The van der Waals surface area contributed by atoms with E-state index >= 15 is 0 Å². The smallest absolute Gasteiger partial charge is 0.435 e. The van der Waals surface area contributed by atoms with Crippen molar-refractivity contribution in [3.05, 3.63) is 66.0 Å². The minimum atomic E-state index is -4.59. The summed E-state index contributed by atoms with van der Waals surface area (Å²) in [7, 11) is 0. The molecule has 0 spiro atoms. The Morgan fingerprint density at radius 1 is 1.14 bits per heavy atom. The topological polar surface area (TPSA) is 73.2 Å². The van der Waals surface area contributed by atoms with Crippen LogP contribution in [0.1, 0.15) is 24.2 Å². The first-order valence-corrected chi connectivity index (χ1v) is 8.77. The van der Waals surface area contributed by atoms with Gasteiger partial charge in [0.15, 0.2) is 12.3 Å². The molecule has 0 saturated heterocycles. The van der Waals surface area contributed by atoms with Crippen LogP contribution < -0.4 is 5.32 Å². The van der Waals surface area contributed by atoms with Crippen molar-refractivity contribution in [3.63, 3.8) is 0 Å². The van der Waals surface area contributed by atoms with E-state index in [1.807, 2.05) is 49.4 Å². The van der Waals surface area contributed by atoms with Crippen LogP contribution in [0.2, 0.25) is 0 Å². The predicted molar refractivity (Wildman–Crippen MR) is 98.7 cm³/mol. The molecule has 0 aliphatic carbocycles. The van der Waals surface area contributed by atoms with E-state index in [4.69, 9.17) is 4.74 Å². The van der Waals surface area contributed by atoms with Crippen LogP contribution in [0.25, 0.3) is 10.8 Å². The lowest BCUT2D eigenvalue weighted by atomic mass is 10.00. The highest BCUT2D eigenvalue weighted by atomic mass is 19.4. The summed E-state index contributed by atoms with van der Waals surface area (Å²) in [5.41, 5.74) is -0.189. The van der Waals surface area contributed by atoms with Gasteiger partial charge in [0.2, 0.25) is 0 Å². The second-order valence-electron chi connectivity index (χ2n) is 6.41. The first kappa shape index (κ1) is 20.4. The molecule has 3 rings (SSSR count). The standard InChI is InChI=1S/C20H18F3N3O3/c1-13(15-8-4-6-14-5-2-3-7-16(14)15)24-18(27)12-29-19(28)11-26-10-9-17(25-26)20(21,22)23/h2-10,13H,11-12H2,1H3,(H,24,27). The molecule has 0 radical (unpaired) electrons. The first-order chi connectivity index (χ1) is 13.7. The quantitative estimate of drug-likeness (QED) is 0.638. The van der Waals surface area contributed by atoms with Crippen molar-refractivity contribution < 1.29 is 27.5 Å². The maximum absolute atomic E-state index is 12.5. The average molecular weight is 405 g/mol. The summed E-state index contributed by atoms with van der Waals surface area (Å²) in [4.78, 5) is 23.9. The van der Waals surface area contributed by atoms with Gasteiger partial charge >= 0.3 is 12.1 Å². The number of benzene rings is 2. The SMILES string of the molecule is CC(NC(=O)COC(=O)Cn1ccc(C(F)(F)F)n1)c1cccc2ccccc12. The number of ether oxygens (including phenoxy) is 1. The molecule has 0 saturated carbocycles. The summed E-state index contributed by atoms with van der Waals surface area (Å²) < 4.78 is 43.2. The maximum Gasteiger partial charge on any atom is 0.435 e. The number of aromatic nitrogens is 2. The number of carbonyl (C=O) groups is 2. The largest absolute Gasteiger partial charge is 0.454 e. The summed E-state index contributed by atoms with van der Waals surface area (Å²) >= 11 is 0. The van der Waals surface area contributed by atoms with Crippen LogP contribution in [0, 0.1) is 0 Å². The number of halogens is 3. The highest BCUT2D eigenvalue weighted by molar-refractivity contribution is 5.87. The van der Waals surface area contributed by atoms with Gasteiger partial charge in [-0.05, 0) is 29.3 Å². The predicted octanol–water partition coefficient (Wildman–Crippen LogP) is 3.48. The van der Waals surface area contributed by atoms with Crippen LogP contribution in [-0.4, -0.2) is 28.3 Å². The molecule has 0 aliphatic heterocycles. The molecular formula is C20H18F3N3O3. The Bertz CT molecular complexity index is 1020. The molecule has 1 N–H and O–H groups in total. The second-order valence-corrected chi connectivity index (χ2v) is 6.41. The Hall–Kier alpha value is -3.36. The molecule has 2 aromatic carbocycles. The van der Waals surface area contributed by atoms with Crippen molar-refractivity contribution in [3.8, 4) is 0 Å². The van der Waals surface area contributed by atoms with Crippen molar-refractivity contribution in [1.29, 1.82) is 0 Å². The first-order valence-electron chi connectivity index (χ1n) is 8.77. The van der Waals surface area contributed by atoms with Crippen LogP contribution in [0.4, 0.5) is 13.2 Å². The molecule has 1 heterocycles. The van der Waals surface area contributed by atoms with Gasteiger partial charge in [-0.3, -0.25) is 14.3 Å². The van der Waals surface area contributed by atoms with E-state index in [1.165, 1.54) is 0 Å². The van der Waals surface area contributed by atoms with Crippen molar-refractivity contribution in [1.82, 2.24) is 15.1 Å². The number of rotatable bonds is 6. The van der Waals surface area contributed by atoms with Crippen LogP contribution in [0.3, 0.4) is 0 Å². The van der Waals surface area contributed by atoms with Crippen molar-refractivity contribution in [2.24, 2.45) is 0 Å². The Kier molecular flexibility index (Phi) is 5.86. The van der Waals surface area contributed by atoms with Crippen LogP contribution in [0.5, 0.6) is 0 Å². The van der Waals surface area contributed by atoms with Crippen molar-refractivity contribution in [2.45, 2.75) is 25.7 Å². The molecule has 0 aliphatic rings. The van der Waals surface area contributed by atoms with Crippen LogP contribution >= 0.6 is 0 Å². The Morgan fingerprint density at radius 3 is 2.59 bits per heavy atom. The lowest BCUT2D eigenvalue weighted by Gasteiger charge is -2.16. The number of nitrogens with one attached hydrogen (secondary N) is 1. The highest BCUT2D eigenvalue weighted by Gasteiger charge is 2.33. The fourth-order valence-electron chi connectivity index (χ4n) is 2.91. The van der Waals surface area contributed by atoms with Gasteiger partial charge in [-0.2, -0.15) is 18.3 Å². The molecule has 1 atom stereocenters. The van der Waals surface area contributed by atoms with Gasteiger partial charge in [-0.25, -0.2) is 0 Å². The van der Waals surface area contributed by atoms with Gasteiger partial charge in [0.25, 0.3) is 5.91 Å². The van der Waals surface area contributed by atoms with E-state index in [0.29, 0.717) is 0 Å². The molecule has 9 heteroatoms. The second kappa shape index (κ2) is 8.34. The molecule has 29 heavy (non-hydrogen) atoms. The van der Waals surface area contributed by atoms with Gasteiger partial charge in [-0.15, -0.1) is 0 Å². The van der Waals surface area contributed by atoms with E-state index in [0.717, 1.165) is 33.3 Å². The number of carbonyl (C=O) groups excluding carboxylic acids is 2. The zero-order chi connectivity index (χ0) is 21.0.